The van der Waals surface area contributed by atoms with Crippen molar-refractivity contribution in [3.05, 3.63) is 97.2 Å². The Bertz CT molecular complexity index is 1290. The molecule has 0 bridgehead atoms. The van der Waals surface area contributed by atoms with E-state index < -0.39 is 13.9 Å². The van der Waals surface area contributed by atoms with Crippen molar-refractivity contribution in [2.24, 2.45) is 0 Å². The third kappa shape index (κ3) is 48.3. The van der Waals surface area contributed by atoms with E-state index in [1.807, 2.05) is 21.1 Å². The molecular weight excluding hydrogens is 782 g/mol. The van der Waals surface area contributed by atoms with Crippen LogP contribution in [0.4, 0.5) is 0 Å². The highest BCUT2D eigenvalue weighted by atomic mass is 31.2. The van der Waals surface area contributed by atoms with Gasteiger partial charge in [-0.05, 0) is 96.3 Å². The number of phosphoric acid groups is 1. The summed E-state index contributed by atoms with van der Waals surface area (Å²) in [6.45, 7) is 5.38. The summed E-state index contributed by atoms with van der Waals surface area (Å²) in [6.07, 6.45) is 60.1. The highest BCUT2D eigenvalue weighted by Gasteiger charge is 2.26. The molecule has 0 radical (unpaired) electrons. The number of rotatable bonds is 43. The van der Waals surface area contributed by atoms with Crippen LogP contribution >= 0.6 is 7.82 Å². The Morgan fingerprint density at radius 3 is 1.43 bits per heavy atom. The number of carbonyl (C=O) groups excluding carboxylic acids is 1. The zero-order valence-corrected chi connectivity index (χ0v) is 40.5. The summed E-state index contributed by atoms with van der Waals surface area (Å²) in [7, 11) is 1.62. The van der Waals surface area contributed by atoms with Gasteiger partial charge in [0.25, 0.3) is 0 Å². The summed E-state index contributed by atoms with van der Waals surface area (Å²) in [5.74, 6) is -0.340. The van der Waals surface area contributed by atoms with Gasteiger partial charge in [0.2, 0.25) is 0 Å². The van der Waals surface area contributed by atoms with Gasteiger partial charge in [-0.15, -0.1) is 0 Å². The lowest BCUT2D eigenvalue weighted by Gasteiger charge is -2.24. The summed E-state index contributed by atoms with van der Waals surface area (Å²) in [5, 5.41) is 0. The van der Waals surface area contributed by atoms with E-state index in [9.17, 15) is 14.3 Å². The number of hydrogen-bond acceptors (Lipinski definition) is 6. The number of hydrogen-bond donors (Lipinski definition) is 1. The zero-order chi connectivity index (χ0) is 44.8. The van der Waals surface area contributed by atoms with Gasteiger partial charge in [-0.1, -0.05) is 162 Å². The average Bonchev–Trinajstić information content (AvgIpc) is 3.22. The highest BCUT2D eigenvalue weighted by Crippen LogP contribution is 2.43. The van der Waals surface area contributed by atoms with Crippen LogP contribution in [0.1, 0.15) is 168 Å². The Hall–Kier alpha value is -2.58. The lowest BCUT2D eigenvalue weighted by Crippen LogP contribution is -2.37. The molecule has 0 aromatic carbocycles. The Balaban J connectivity index is 4.30. The molecule has 0 aliphatic heterocycles. The predicted molar refractivity (Wildman–Crippen MR) is 261 cm³/mol. The fourth-order valence-electron chi connectivity index (χ4n) is 5.94. The van der Waals surface area contributed by atoms with Crippen LogP contribution in [0.5, 0.6) is 0 Å². The molecule has 0 saturated heterocycles. The quantitative estimate of drug-likeness (QED) is 0.0214. The minimum Gasteiger partial charge on any atom is -0.457 e. The molecule has 9 heteroatoms. The Morgan fingerprint density at radius 2 is 0.951 bits per heavy atom. The smallest absolute Gasteiger partial charge is 0.457 e. The van der Waals surface area contributed by atoms with E-state index >= 15 is 0 Å². The molecule has 0 heterocycles. The number of esters is 1. The van der Waals surface area contributed by atoms with Crippen molar-refractivity contribution in [3.8, 4) is 0 Å². The van der Waals surface area contributed by atoms with Crippen molar-refractivity contribution in [2.45, 2.75) is 174 Å². The van der Waals surface area contributed by atoms with Crippen LogP contribution in [0.15, 0.2) is 97.2 Å². The lowest BCUT2D eigenvalue weighted by molar-refractivity contribution is -0.870. The minimum atomic E-state index is -4.30. The van der Waals surface area contributed by atoms with E-state index in [-0.39, 0.29) is 25.8 Å². The summed E-state index contributed by atoms with van der Waals surface area (Å²) < 4.78 is 35.0. The number of ether oxygens (including phenoxy) is 2. The minimum absolute atomic E-state index is 0.0746. The molecule has 0 aliphatic carbocycles. The molecule has 2 atom stereocenters. The molecule has 2 unspecified atom stereocenters. The second kappa shape index (κ2) is 44.0. The molecule has 350 valence electrons. The standard InChI is InChI=1S/C52H90NO7P/c1-6-8-10-12-14-16-18-20-22-24-26-28-30-32-34-36-38-40-42-44-47-57-49-51(50-59-61(55,56)58-48-46-53(3,4)5)60-52(54)45-43-41-39-37-35-33-31-29-27-25-23-21-19-17-15-13-11-9-7-2/h8,10,14-17,20-23,26-29,32,34,51H,6-7,9,11-13,18-19,24-25,30-31,33,35-50H2,1-5H3/p+1/b10-8-,16-14-,17-15-,22-20-,23-21-,28-26-,29-27-,34-32-. The van der Waals surface area contributed by atoms with E-state index in [1.165, 1.54) is 38.5 Å². The molecule has 8 nitrogen and oxygen atoms in total. The fourth-order valence-corrected chi connectivity index (χ4v) is 6.68. The zero-order valence-electron chi connectivity index (χ0n) is 39.6. The van der Waals surface area contributed by atoms with Gasteiger partial charge in [0.05, 0.1) is 34.4 Å². The number of unbranched alkanes of at least 4 members (excludes halogenated alkanes) is 13. The van der Waals surface area contributed by atoms with Crippen molar-refractivity contribution >= 4 is 13.8 Å². The van der Waals surface area contributed by atoms with Crippen molar-refractivity contribution in [2.75, 3.05) is 54.1 Å². The first-order valence-electron chi connectivity index (χ1n) is 24.0. The van der Waals surface area contributed by atoms with Gasteiger partial charge in [0.15, 0.2) is 0 Å². The van der Waals surface area contributed by atoms with E-state index in [2.05, 4.69) is 111 Å². The van der Waals surface area contributed by atoms with Crippen LogP contribution in [-0.2, 0) is 27.9 Å². The number of allylic oxidation sites excluding steroid dienone is 16. The molecule has 0 rings (SSSR count). The van der Waals surface area contributed by atoms with Crippen LogP contribution in [-0.4, -0.2) is 75.6 Å². The first-order chi connectivity index (χ1) is 29.6. The Labute approximate surface area is 375 Å². The van der Waals surface area contributed by atoms with Gasteiger partial charge < -0.3 is 18.9 Å². The van der Waals surface area contributed by atoms with Crippen LogP contribution in [0.3, 0.4) is 0 Å². The average molecular weight is 873 g/mol. The maximum Gasteiger partial charge on any atom is 0.472 e. The Kier molecular flexibility index (Phi) is 42.2. The molecule has 0 aromatic heterocycles. The number of carbonyl (C=O) groups is 1. The van der Waals surface area contributed by atoms with Gasteiger partial charge in [-0.25, -0.2) is 4.57 Å². The first-order valence-corrected chi connectivity index (χ1v) is 25.5. The molecule has 0 spiro atoms. The largest absolute Gasteiger partial charge is 0.472 e. The lowest BCUT2D eigenvalue weighted by atomic mass is 10.1. The summed E-state index contributed by atoms with van der Waals surface area (Å²) >= 11 is 0. The normalized spacial score (nSPS) is 14.5. The SMILES string of the molecule is CC/C=C\C/C=C\C/C=C\C/C=C\C/C=C\CCCCCCOCC(COP(=O)(O)OCC[N+](C)(C)C)OC(=O)CCCCCCCC/C=C\C/C=C\C/C=C\CCCCC. The summed E-state index contributed by atoms with van der Waals surface area (Å²) in [6, 6.07) is 0. The number of nitrogens with zero attached hydrogens (tertiary/aromatic N) is 1. The highest BCUT2D eigenvalue weighted by molar-refractivity contribution is 7.47. The number of phosphoric ester groups is 1. The van der Waals surface area contributed by atoms with Gasteiger partial charge in [-0.2, -0.15) is 0 Å². The number of likely N-dealkylation sites (N-methyl/N-ethyl adjacent to an activating group) is 1. The molecular formula is C52H91NO7P+. The molecule has 1 N–H and O–H groups in total. The van der Waals surface area contributed by atoms with Gasteiger partial charge in [-0.3, -0.25) is 13.8 Å². The maximum absolute atomic E-state index is 12.7. The van der Waals surface area contributed by atoms with Crippen molar-refractivity contribution < 1.29 is 37.3 Å². The third-order valence-corrected chi connectivity index (χ3v) is 10.6. The molecule has 0 saturated carbocycles. The first kappa shape index (κ1) is 58.4. The molecule has 0 aromatic rings. The molecule has 61 heavy (non-hydrogen) atoms. The second-order valence-electron chi connectivity index (χ2n) is 16.8. The predicted octanol–water partition coefficient (Wildman–Crippen LogP) is 14.6. The number of quaternary nitrogens is 1. The maximum atomic E-state index is 12.7. The van der Waals surface area contributed by atoms with Crippen LogP contribution in [0.2, 0.25) is 0 Å². The molecule has 0 amide bonds. The fraction of sp³-hybridized carbons (Fsp3) is 0.673. The van der Waals surface area contributed by atoms with Crippen LogP contribution in [0, 0.1) is 0 Å². The van der Waals surface area contributed by atoms with E-state index in [0.717, 1.165) is 109 Å². The van der Waals surface area contributed by atoms with Gasteiger partial charge >= 0.3 is 13.8 Å². The second-order valence-corrected chi connectivity index (χ2v) is 18.2. The van der Waals surface area contributed by atoms with Crippen molar-refractivity contribution in [1.29, 1.82) is 0 Å². The molecule has 0 fully saturated rings. The van der Waals surface area contributed by atoms with E-state index in [0.29, 0.717) is 24.1 Å². The van der Waals surface area contributed by atoms with E-state index in [4.69, 9.17) is 18.5 Å². The molecule has 0 aliphatic rings. The third-order valence-electron chi connectivity index (χ3n) is 9.63. The topological polar surface area (TPSA) is 91.3 Å². The van der Waals surface area contributed by atoms with Gasteiger partial charge in [0.1, 0.15) is 19.3 Å². The summed E-state index contributed by atoms with van der Waals surface area (Å²) in [4.78, 5) is 23.0. The monoisotopic (exact) mass is 873 g/mol. The van der Waals surface area contributed by atoms with Crippen molar-refractivity contribution in [1.82, 2.24) is 0 Å². The van der Waals surface area contributed by atoms with Gasteiger partial charge in [0, 0.05) is 13.0 Å². The van der Waals surface area contributed by atoms with E-state index in [1.54, 1.807) is 0 Å². The van der Waals surface area contributed by atoms with Crippen LogP contribution < -0.4 is 0 Å². The van der Waals surface area contributed by atoms with Crippen molar-refractivity contribution in [3.63, 3.8) is 0 Å². The van der Waals surface area contributed by atoms with Crippen LogP contribution in [0.25, 0.3) is 0 Å². The Morgan fingerprint density at radius 1 is 0.525 bits per heavy atom. The summed E-state index contributed by atoms with van der Waals surface area (Å²) in [5.41, 5.74) is 0.